The van der Waals surface area contributed by atoms with Crippen molar-refractivity contribution in [3.63, 3.8) is 0 Å². The van der Waals surface area contributed by atoms with Gasteiger partial charge in [0.15, 0.2) is 0 Å². The van der Waals surface area contributed by atoms with E-state index < -0.39 is 11.0 Å². The highest BCUT2D eigenvalue weighted by Gasteiger charge is 2.17. The van der Waals surface area contributed by atoms with E-state index in [1.54, 1.807) is 6.92 Å². The van der Waals surface area contributed by atoms with Crippen LogP contribution in [0.1, 0.15) is 6.92 Å². The van der Waals surface area contributed by atoms with Gasteiger partial charge in [0.05, 0.1) is 13.2 Å². The molecule has 8 heteroatoms. The van der Waals surface area contributed by atoms with Crippen LogP contribution < -0.4 is 5.32 Å². The highest BCUT2D eigenvalue weighted by molar-refractivity contribution is 5.54. The lowest BCUT2D eigenvalue weighted by Crippen LogP contribution is -2.44. The van der Waals surface area contributed by atoms with Crippen molar-refractivity contribution in [1.82, 2.24) is 10.2 Å². The van der Waals surface area contributed by atoms with Crippen molar-refractivity contribution in [3.05, 3.63) is 22.1 Å². The molecule has 1 saturated heterocycles. The Labute approximate surface area is 111 Å². The molecule has 8 nitrogen and oxygen atoms in total. The molecule has 0 spiro atoms. The topological polar surface area (TPSA) is 100 Å². The summed E-state index contributed by atoms with van der Waals surface area (Å²) in [5, 5.41) is 23.1. The second kappa shape index (κ2) is 8.57. The van der Waals surface area contributed by atoms with Crippen LogP contribution in [0.15, 0.2) is 17.0 Å². The van der Waals surface area contributed by atoms with Crippen molar-refractivity contribution in [3.8, 4) is 0 Å². The minimum absolute atomic E-state index is 0.114. The maximum atomic E-state index is 10.7. The molecule has 1 unspecified atom stereocenters. The molecule has 1 rings (SSSR count). The maximum Gasteiger partial charge on any atom is 0.334 e. The van der Waals surface area contributed by atoms with Gasteiger partial charge in [-0.3, -0.25) is 15.2 Å². The predicted octanol–water partition coefficient (Wildman–Crippen LogP) is -0.565. The third-order valence-electron chi connectivity index (χ3n) is 2.63. The van der Waals surface area contributed by atoms with Crippen LogP contribution in [0.25, 0.3) is 0 Å². The second-order valence-electron chi connectivity index (χ2n) is 4.13. The van der Waals surface area contributed by atoms with E-state index in [1.165, 1.54) is 6.21 Å². The van der Waals surface area contributed by atoms with E-state index in [-0.39, 0.29) is 12.4 Å². The zero-order valence-corrected chi connectivity index (χ0v) is 11.0. The molecule has 1 aliphatic rings. The first kappa shape index (κ1) is 15.5. The molecule has 0 saturated carbocycles. The van der Waals surface area contributed by atoms with E-state index in [1.807, 2.05) is 0 Å². The first-order chi connectivity index (χ1) is 9.13. The van der Waals surface area contributed by atoms with Crippen LogP contribution in [0.2, 0.25) is 0 Å². The van der Waals surface area contributed by atoms with Gasteiger partial charge < -0.3 is 20.0 Å². The fraction of sp³-hybridized carbons (Fsp3) is 0.727. The summed E-state index contributed by atoms with van der Waals surface area (Å²) in [6, 6.07) is 0. The van der Waals surface area contributed by atoms with Crippen molar-refractivity contribution >= 4 is 6.21 Å². The number of ether oxygens (including phenoxy) is 1. The zero-order valence-electron chi connectivity index (χ0n) is 11.0. The molecular formula is C11H20N4O4. The summed E-state index contributed by atoms with van der Waals surface area (Å²) in [6.45, 7) is 5.12. The normalized spacial score (nSPS) is 19.6. The molecule has 0 amide bonds. The fourth-order valence-corrected chi connectivity index (χ4v) is 1.67. The average molecular weight is 272 g/mol. The van der Waals surface area contributed by atoms with Gasteiger partial charge in [-0.05, 0) is 11.8 Å². The van der Waals surface area contributed by atoms with Crippen molar-refractivity contribution in [1.29, 1.82) is 0 Å². The number of aliphatic hydroxyl groups excluding tert-OH is 1. The Bertz CT molecular complexity index is 340. The summed E-state index contributed by atoms with van der Waals surface area (Å²) in [7, 11) is 0. The number of hydrogen-bond acceptors (Lipinski definition) is 7. The highest BCUT2D eigenvalue weighted by Crippen LogP contribution is 1.99. The van der Waals surface area contributed by atoms with Gasteiger partial charge >= 0.3 is 5.82 Å². The molecule has 0 aromatic rings. The van der Waals surface area contributed by atoms with E-state index in [0.717, 1.165) is 19.3 Å². The number of aliphatic hydroxyl groups is 1. The molecule has 0 aliphatic carbocycles. The van der Waals surface area contributed by atoms with Gasteiger partial charge in [0.25, 0.3) is 0 Å². The quantitative estimate of drug-likeness (QED) is 0.366. The van der Waals surface area contributed by atoms with Gasteiger partial charge in [-0.1, -0.05) is 0 Å². The molecule has 108 valence electrons. The fourth-order valence-electron chi connectivity index (χ4n) is 1.67. The van der Waals surface area contributed by atoms with Crippen LogP contribution in [0, 0.1) is 10.1 Å². The molecule has 1 aliphatic heterocycles. The summed E-state index contributed by atoms with van der Waals surface area (Å²) >= 11 is 0. The number of rotatable bonds is 7. The maximum absolute atomic E-state index is 10.7. The number of aliphatic imine (C=N–C) groups is 1. The molecule has 1 fully saturated rings. The molecular weight excluding hydrogens is 252 g/mol. The van der Waals surface area contributed by atoms with Gasteiger partial charge in [-0.2, -0.15) is 0 Å². The summed E-state index contributed by atoms with van der Waals surface area (Å²) in [5.74, 6) is -0.223. The smallest absolute Gasteiger partial charge is 0.334 e. The van der Waals surface area contributed by atoms with Crippen molar-refractivity contribution in [2.75, 3.05) is 39.4 Å². The molecule has 19 heavy (non-hydrogen) atoms. The number of nitro groups is 1. The number of nitrogens with zero attached hydrogens (tertiary/aromatic N) is 3. The molecule has 2 N–H and O–H groups in total. The molecule has 0 aromatic carbocycles. The summed E-state index contributed by atoms with van der Waals surface area (Å²) < 4.78 is 5.20. The Hall–Kier alpha value is -1.51. The molecule has 1 atom stereocenters. The lowest BCUT2D eigenvalue weighted by Gasteiger charge is -2.28. The van der Waals surface area contributed by atoms with Crippen molar-refractivity contribution in [2.24, 2.45) is 4.99 Å². The Morgan fingerprint density at radius 3 is 2.89 bits per heavy atom. The third kappa shape index (κ3) is 6.27. The number of nitrogens with one attached hydrogen (secondary N) is 1. The van der Waals surface area contributed by atoms with Crippen LogP contribution in [0.3, 0.4) is 0 Å². The minimum atomic E-state index is -0.674. The number of hydrogen-bond donors (Lipinski definition) is 2. The largest absolute Gasteiger partial charge is 0.388 e. The molecule has 0 aromatic heterocycles. The van der Waals surface area contributed by atoms with Crippen molar-refractivity contribution in [2.45, 2.75) is 13.0 Å². The second-order valence-corrected chi connectivity index (χ2v) is 4.13. The highest BCUT2D eigenvalue weighted by atomic mass is 16.6. The van der Waals surface area contributed by atoms with Gasteiger partial charge in [0.2, 0.25) is 0 Å². The molecule has 1 heterocycles. The molecule has 0 bridgehead atoms. The van der Waals surface area contributed by atoms with E-state index in [2.05, 4.69) is 15.2 Å². The van der Waals surface area contributed by atoms with Crippen LogP contribution in [0.5, 0.6) is 0 Å². The average Bonchev–Trinajstić information content (AvgIpc) is 2.39. The minimum Gasteiger partial charge on any atom is -0.388 e. The summed E-state index contributed by atoms with van der Waals surface area (Å²) in [4.78, 5) is 15.9. The first-order valence-corrected chi connectivity index (χ1v) is 6.18. The van der Waals surface area contributed by atoms with E-state index in [9.17, 15) is 15.2 Å². The number of β-amino-alcohol motifs (C(OH)–C–C–N with tert-alkyl or cyclic N) is 1. The Balaban J connectivity index is 2.34. The van der Waals surface area contributed by atoms with Crippen LogP contribution in [-0.2, 0) is 4.74 Å². The predicted molar refractivity (Wildman–Crippen MR) is 70.5 cm³/mol. The number of morpholine rings is 1. The zero-order chi connectivity index (χ0) is 14.1. The summed E-state index contributed by atoms with van der Waals surface area (Å²) in [5.41, 5.74) is 0. The SMILES string of the molecule is CC=N/C=C(\NCC(O)CN1CCOCC1)[N+](=O)[O-]. The van der Waals surface area contributed by atoms with E-state index in [4.69, 9.17) is 4.74 Å². The van der Waals surface area contributed by atoms with Crippen LogP contribution in [0.4, 0.5) is 0 Å². The van der Waals surface area contributed by atoms with Gasteiger partial charge in [0, 0.05) is 25.8 Å². The van der Waals surface area contributed by atoms with E-state index >= 15 is 0 Å². The first-order valence-electron chi connectivity index (χ1n) is 6.18. The van der Waals surface area contributed by atoms with Gasteiger partial charge in [-0.25, -0.2) is 0 Å². The van der Waals surface area contributed by atoms with Crippen LogP contribution >= 0.6 is 0 Å². The lowest BCUT2D eigenvalue weighted by atomic mass is 10.3. The third-order valence-corrected chi connectivity index (χ3v) is 2.63. The monoisotopic (exact) mass is 272 g/mol. The Morgan fingerprint density at radius 1 is 1.63 bits per heavy atom. The lowest BCUT2D eigenvalue weighted by molar-refractivity contribution is -0.432. The van der Waals surface area contributed by atoms with Gasteiger partial charge in [-0.15, -0.1) is 0 Å². The standard InChI is InChI=1S/C11H20N4O4/c1-2-12-8-11(15(17)18)13-7-10(16)9-14-3-5-19-6-4-14/h2,8,10,13,16H,3-7,9H2,1H3/b11-8+,12-2?. The molecule has 0 radical (unpaired) electrons. The Kier molecular flexibility index (Phi) is 7.01. The summed E-state index contributed by atoms with van der Waals surface area (Å²) in [6.07, 6.45) is 1.91. The Morgan fingerprint density at radius 2 is 2.32 bits per heavy atom. The van der Waals surface area contributed by atoms with E-state index in [0.29, 0.717) is 19.8 Å². The van der Waals surface area contributed by atoms with Crippen LogP contribution in [-0.4, -0.2) is 66.6 Å². The van der Waals surface area contributed by atoms with Crippen molar-refractivity contribution < 1.29 is 14.8 Å². The van der Waals surface area contributed by atoms with Gasteiger partial charge in [0.1, 0.15) is 18.8 Å².